The molecular formula is C13H26N2O. The summed E-state index contributed by atoms with van der Waals surface area (Å²) in [6, 6.07) is 0. The van der Waals surface area contributed by atoms with Gasteiger partial charge in [0.15, 0.2) is 0 Å². The molecule has 0 aromatic carbocycles. The van der Waals surface area contributed by atoms with Crippen LogP contribution in [0.15, 0.2) is 0 Å². The van der Waals surface area contributed by atoms with Crippen molar-refractivity contribution in [2.24, 2.45) is 5.92 Å². The molecule has 0 amide bonds. The van der Waals surface area contributed by atoms with Gasteiger partial charge in [-0.3, -0.25) is 0 Å². The molecule has 1 unspecified atom stereocenters. The largest absolute Gasteiger partial charge is 0.371 e. The number of hydrogen-bond donors (Lipinski definition) is 1. The molecule has 0 saturated carbocycles. The van der Waals surface area contributed by atoms with Crippen LogP contribution in [-0.2, 0) is 4.74 Å². The van der Waals surface area contributed by atoms with E-state index < -0.39 is 0 Å². The van der Waals surface area contributed by atoms with E-state index in [9.17, 15) is 0 Å². The molecule has 16 heavy (non-hydrogen) atoms. The van der Waals surface area contributed by atoms with Gasteiger partial charge in [-0.15, -0.1) is 0 Å². The van der Waals surface area contributed by atoms with Crippen molar-refractivity contribution in [1.29, 1.82) is 0 Å². The van der Waals surface area contributed by atoms with Crippen LogP contribution in [0.1, 0.15) is 33.1 Å². The van der Waals surface area contributed by atoms with E-state index in [4.69, 9.17) is 4.74 Å². The zero-order valence-electron chi connectivity index (χ0n) is 10.8. The summed E-state index contributed by atoms with van der Waals surface area (Å²) in [4.78, 5) is 2.57. The summed E-state index contributed by atoms with van der Waals surface area (Å²) in [5.74, 6) is 0.950. The minimum absolute atomic E-state index is 0.128. The first kappa shape index (κ1) is 12.3. The van der Waals surface area contributed by atoms with Gasteiger partial charge in [-0.25, -0.2) is 0 Å². The molecule has 0 radical (unpaired) electrons. The van der Waals surface area contributed by atoms with Gasteiger partial charge in [-0.1, -0.05) is 13.3 Å². The van der Waals surface area contributed by atoms with Crippen molar-refractivity contribution >= 4 is 0 Å². The zero-order valence-corrected chi connectivity index (χ0v) is 10.8. The summed E-state index contributed by atoms with van der Waals surface area (Å²) in [5.41, 5.74) is 0.128. The van der Waals surface area contributed by atoms with E-state index >= 15 is 0 Å². The van der Waals surface area contributed by atoms with Crippen molar-refractivity contribution in [3.63, 3.8) is 0 Å². The first-order valence-corrected chi connectivity index (χ1v) is 6.79. The van der Waals surface area contributed by atoms with Crippen molar-refractivity contribution in [2.75, 3.05) is 39.3 Å². The second-order valence-corrected chi connectivity index (χ2v) is 5.65. The molecule has 3 heteroatoms. The van der Waals surface area contributed by atoms with Crippen LogP contribution in [0, 0.1) is 5.92 Å². The fraction of sp³-hybridized carbons (Fsp3) is 1.00. The second-order valence-electron chi connectivity index (χ2n) is 5.65. The summed E-state index contributed by atoms with van der Waals surface area (Å²) >= 11 is 0. The van der Waals surface area contributed by atoms with Crippen LogP contribution < -0.4 is 5.32 Å². The number of ether oxygens (including phenoxy) is 1. The Balaban J connectivity index is 1.57. The first-order valence-electron chi connectivity index (χ1n) is 6.79. The second kappa shape index (κ2) is 5.48. The topological polar surface area (TPSA) is 24.5 Å². The molecule has 0 aromatic rings. The zero-order chi connectivity index (χ0) is 11.4. The molecule has 1 N–H and O–H groups in total. The van der Waals surface area contributed by atoms with Gasteiger partial charge in [-0.2, -0.15) is 0 Å². The normalized spacial score (nSPS) is 29.2. The number of rotatable bonds is 6. The van der Waals surface area contributed by atoms with Crippen molar-refractivity contribution in [3.8, 4) is 0 Å². The highest BCUT2D eigenvalue weighted by atomic mass is 16.5. The predicted molar refractivity (Wildman–Crippen MR) is 66.7 cm³/mol. The Morgan fingerprint density at radius 2 is 2.25 bits per heavy atom. The van der Waals surface area contributed by atoms with Crippen molar-refractivity contribution in [2.45, 2.75) is 38.7 Å². The van der Waals surface area contributed by atoms with Crippen LogP contribution in [0.4, 0.5) is 0 Å². The van der Waals surface area contributed by atoms with Gasteiger partial charge in [0.2, 0.25) is 0 Å². The Kier molecular flexibility index (Phi) is 4.22. The average Bonchev–Trinajstić information content (AvgIpc) is 2.64. The van der Waals surface area contributed by atoms with Crippen molar-refractivity contribution in [3.05, 3.63) is 0 Å². The van der Waals surface area contributed by atoms with Crippen molar-refractivity contribution in [1.82, 2.24) is 10.2 Å². The van der Waals surface area contributed by atoms with Gasteiger partial charge in [0.25, 0.3) is 0 Å². The van der Waals surface area contributed by atoms with Crippen LogP contribution in [0.5, 0.6) is 0 Å². The fourth-order valence-electron chi connectivity index (χ4n) is 2.76. The number of nitrogens with one attached hydrogen (secondary N) is 1. The molecule has 2 aliphatic rings. The van der Waals surface area contributed by atoms with Crippen LogP contribution in [0.3, 0.4) is 0 Å². The quantitative estimate of drug-likeness (QED) is 0.742. The molecule has 0 aromatic heterocycles. The Morgan fingerprint density at radius 1 is 1.44 bits per heavy atom. The average molecular weight is 226 g/mol. The highest BCUT2D eigenvalue weighted by Crippen LogP contribution is 2.21. The maximum absolute atomic E-state index is 5.92. The highest BCUT2D eigenvalue weighted by molar-refractivity contribution is 4.90. The lowest BCUT2D eigenvalue weighted by atomic mass is 10.0. The third kappa shape index (κ3) is 3.19. The lowest BCUT2D eigenvalue weighted by Crippen LogP contribution is -2.59. The van der Waals surface area contributed by atoms with E-state index in [0.29, 0.717) is 0 Å². The van der Waals surface area contributed by atoms with Gasteiger partial charge in [0.1, 0.15) is 0 Å². The smallest absolute Gasteiger partial charge is 0.0902 e. The van der Waals surface area contributed by atoms with Gasteiger partial charge in [-0.05, 0) is 32.2 Å². The summed E-state index contributed by atoms with van der Waals surface area (Å²) in [5, 5.41) is 3.27. The lowest BCUT2D eigenvalue weighted by Gasteiger charge is -2.39. The Labute approximate surface area is 99.5 Å². The molecule has 3 nitrogen and oxygen atoms in total. The van der Waals surface area contributed by atoms with Gasteiger partial charge in [0, 0.05) is 26.2 Å². The van der Waals surface area contributed by atoms with Crippen LogP contribution in [0.25, 0.3) is 0 Å². The van der Waals surface area contributed by atoms with Crippen LogP contribution in [-0.4, -0.2) is 49.8 Å². The third-order valence-electron chi connectivity index (χ3n) is 3.92. The predicted octanol–water partition coefficient (Wildman–Crippen LogP) is 1.49. The Bertz CT molecular complexity index is 216. The molecule has 2 aliphatic heterocycles. The highest BCUT2D eigenvalue weighted by Gasteiger charge is 2.32. The van der Waals surface area contributed by atoms with Gasteiger partial charge in [0.05, 0.1) is 12.2 Å². The Morgan fingerprint density at radius 3 is 2.88 bits per heavy atom. The van der Waals surface area contributed by atoms with E-state index in [1.807, 2.05) is 0 Å². The maximum Gasteiger partial charge on any atom is 0.0902 e. The standard InChI is InChI=1S/C13H26N2O/c1-3-4-12-5-6-15(9-12)7-8-16-13(2)10-14-11-13/h12,14H,3-11H2,1-2H3. The molecular weight excluding hydrogens is 200 g/mol. The van der Waals surface area contributed by atoms with E-state index in [1.54, 1.807) is 0 Å². The lowest BCUT2D eigenvalue weighted by molar-refractivity contribution is -0.0711. The molecule has 94 valence electrons. The van der Waals surface area contributed by atoms with Gasteiger partial charge >= 0.3 is 0 Å². The molecule has 0 bridgehead atoms. The molecule has 0 aliphatic carbocycles. The first-order chi connectivity index (χ1) is 7.72. The van der Waals surface area contributed by atoms with E-state index in [-0.39, 0.29) is 5.60 Å². The SMILES string of the molecule is CCCC1CCN(CCOC2(C)CNC2)C1. The molecule has 0 spiro atoms. The molecule has 2 fully saturated rings. The molecule has 2 saturated heterocycles. The van der Waals surface area contributed by atoms with E-state index in [0.717, 1.165) is 32.2 Å². The number of nitrogens with zero attached hydrogens (tertiary/aromatic N) is 1. The minimum atomic E-state index is 0.128. The van der Waals surface area contributed by atoms with Crippen LogP contribution in [0.2, 0.25) is 0 Å². The van der Waals surface area contributed by atoms with E-state index in [2.05, 4.69) is 24.1 Å². The van der Waals surface area contributed by atoms with Gasteiger partial charge < -0.3 is 15.0 Å². The molecule has 1 atom stereocenters. The minimum Gasteiger partial charge on any atom is -0.371 e. The Hall–Kier alpha value is -0.120. The summed E-state index contributed by atoms with van der Waals surface area (Å²) in [6.07, 6.45) is 4.13. The molecule has 2 rings (SSSR count). The summed E-state index contributed by atoms with van der Waals surface area (Å²) in [6.45, 7) is 11.1. The molecule has 2 heterocycles. The fourth-order valence-corrected chi connectivity index (χ4v) is 2.76. The number of hydrogen-bond acceptors (Lipinski definition) is 3. The maximum atomic E-state index is 5.92. The van der Waals surface area contributed by atoms with Crippen LogP contribution >= 0.6 is 0 Å². The monoisotopic (exact) mass is 226 g/mol. The van der Waals surface area contributed by atoms with E-state index in [1.165, 1.54) is 32.4 Å². The van der Waals surface area contributed by atoms with Crippen molar-refractivity contribution < 1.29 is 4.74 Å². The number of likely N-dealkylation sites (tertiary alicyclic amines) is 1. The summed E-state index contributed by atoms with van der Waals surface area (Å²) < 4.78 is 5.92. The third-order valence-corrected chi connectivity index (χ3v) is 3.92. The summed E-state index contributed by atoms with van der Waals surface area (Å²) in [7, 11) is 0.